The van der Waals surface area contributed by atoms with Crippen LogP contribution in [0.4, 0.5) is 0 Å². The molecule has 0 radical (unpaired) electrons. The van der Waals surface area contributed by atoms with Crippen LogP contribution in [0.5, 0.6) is 5.75 Å². The Morgan fingerprint density at radius 2 is 1.81 bits per heavy atom. The number of para-hydroxylation sites is 1. The lowest BCUT2D eigenvalue weighted by Crippen LogP contribution is -2.68. The molecule has 9 nitrogen and oxygen atoms in total. The molecule has 0 aliphatic carbocycles. The van der Waals surface area contributed by atoms with Crippen LogP contribution in [0.1, 0.15) is 0 Å². The number of carbonyl (C=O) groups is 2. The predicted molar refractivity (Wildman–Crippen MR) is 87.7 cm³/mol. The summed E-state index contributed by atoms with van der Waals surface area (Å²) in [6.45, 7) is -0.484. The first kappa shape index (κ1) is 17.7. The molecule has 1 saturated heterocycles. The molecule has 1 aromatic carbocycles. The zero-order chi connectivity index (χ0) is 18.6. The molecule has 0 bridgehead atoms. The average Bonchev–Trinajstić information content (AvgIpc) is 2.64. The van der Waals surface area contributed by atoms with Crippen LogP contribution >= 0.6 is 0 Å². The van der Waals surface area contributed by atoms with Crippen LogP contribution < -0.4 is 19.1 Å². The van der Waals surface area contributed by atoms with Gasteiger partial charge in [0.15, 0.2) is 6.61 Å². The van der Waals surface area contributed by atoms with Crippen molar-refractivity contribution in [1.29, 1.82) is 0 Å². The van der Waals surface area contributed by atoms with Gasteiger partial charge in [-0.3, -0.25) is 9.59 Å². The Bertz CT molecular complexity index is 889. The van der Waals surface area contributed by atoms with Gasteiger partial charge in [-0.2, -0.15) is 12.7 Å². The van der Waals surface area contributed by atoms with E-state index in [1.165, 1.54) is 12.4 Å². The Kier molecular flexibility index (Phi) is 5.03. The lowest BCUT2D eigenvalue weighted by molar-refractivity contribution is -0.857. The molecule has 1 aromatic heterocycles. The Balaban J connectivity index is 1.49. The summed E-state index contributed by atoms with van der Waals surface area (Å²) < 4.78 is 35.7. The Morgan fingerprint density at radius 3 is 2.46 bits per heavy atom. The van der Waals surface area contributed by atoms with E-state index in [4.69, 9.17) is 9.02 Å². The summed E-state index contributed by atoms with van der Waals surface area (Å²) in [7, 11) is -4.29. The van der Waals surface area contributed by atoms with Crippen molar-refractivity contribution in [2.75, 3.05) is 13.2 Å². The fourth-order valence-corrected chi connectivity index (χ4v) is 3.26. The van der Waals surface area contributed by atoms with Crippen molar-refractivity contribution in [2.45, 2.75) is 6.04 Å². The SMILES string of the molecule is O=C(COc1ccccc1)NC1CN(S(=O)(=O)O[n+]2ccccc2)C1=O. The van der Waals surface area contributed by atoms with Crippen molar-refractivity contribution in [1.82, 2.24) is 9.62 Å². The minimum absolute atomic E-state index is 0.203. The van der Waals surface area contributed by atoms with Gasteiger partial charge in [-0.1, -0.05) is 24.3 Å². The molecule has 3 rings (SSSR count). The van der Waals surface area contributed by atoms with Gasteiger partial charge in [0, 0.05) is 16.9 Å². The molecule has 0 saturated carbocycles. The summed E-state index contributed by atoms with van der Waals surface area (Å²) >= 11 is 0. The van der Waals surface area contributed by atoms with Gasteiger partial charge in [-0.05, 0) is 12.1 Å². The van der Waals surface area contributed by atoms with Crippen molar-refractivity contribution >= 4 is 22.1 Å². The van der Waals surface area contributed by atoms with Crippen LogP contribution in [0.25, 0.3) is 0 Å². The Labute approximate surface area is 150 Å². The number of carbonyl (C=O) groups excluding carboxylic acids is 2. The second kappa shape index (κ2) is 7.40. The first-order chi connectivity index (χ1) is 12.5. The molecule has 136 valence electrons. The number of amides is 2. The summed E-state index contributed by atoms with van der Waals surface area (Å²) in [4.78, 5) is 23.8. The van der Waals surface area contributed by atoms with Crippen molar-refractivity contribution in [3.8, 4) is 5.75 Å². The highest BCUT2D eigenvalue weighted by Gasteiger charge is 2.48. The van der Waals surface area contributed by atoms with Crippen LogP contribution in [-0.4, -0.2) is 43.7 Å². The third-order valence-corrected chi connectivity index (χ3v) is 4.71. The molecule has 1 aliphatic heterocycles. The maximum absolute atomic E-state index is 12.1. The van der Waals surface area contributed by atoms with Crippen molar-refractivity contribution in [3.63, 3.8) is 0 Å². The van der Waals surface area contributed by atoms with Gasteiger partial charge in [0.2, 0.25) is 12.4 Å². The summed E-state index contributed by atoms with van der Waals surface area (Å²) in [6.07, 6.45) is 2.75. The number of ether oxygens (including phenoxy) is 1. The Hall–Kier alpha value is -3.14. The van der Waals surface area contributed by atoms with Gasteiger partial charge in [-0.25, -0.2) is 0 Å². The fraction of sp³-hybridized carbons (Fsp3) is 0.188. The van der Waals surface area contributed by atoms with E-state index in [0.29, 0.717) is 10.1 Å². The summed E-state index contributed by atoms with van der Waals surface area (Å²) in [5.74, 6) is -0.780. The molecule has 10 heteroatoms. The second-order valence-electron chi connectivity index (χ2n) is 5.36. The zero-order valence-corrected chi connectivity index (χ0v) is 14.3. The average molecular weight is 378 g/mol. The number of benzene rings is 1. The molecule has 1 N–H and O–H groups in total. The number of rotatable bonds is 7. The standard InChI is InChI=1S/C16H15N3O6S/c20-15(12-24-13-7-3-1-4-8-13)17-14-11-19(16(14)21)26(22,23)25-18-9-5-2-6-10-18/h1-10,14H,11-12H2/p+1. The van der Waals surface area contributed by atoms with Gasteiger partial charge in [-0.15, -0.1) is 4.28 Å². The number of nitrogens with zero attached hydrogens (tertiary/aromatic N) is 2. The molecule has 1 aliphatic rings. The third kappa shape index (κ3) is 4.09. The summed E-state index contributed by atoms with van der Waals surface area (Å²) in [6, 6.07) is 12.6. The molecule has 1 atom stereocenters. The first-order valence-electron chi connectivity index (χ1n) is 7.66. The smallest absolute Gasteiger partial charge is 0.466 e. The van der Waals surface area contributed by atoms with Crippen molar-refractivity contribution < 1.29 is 31.8 Å². The quantitative estimate of drug-likeness (QED) is 0.492. The topological polar surface area (TPSA) is 106 Å². The molecular weight excluding hydrogens is 362 g/mol. The van der Waals surface area contributed by atoms with Crippen molar-refractivity contribution in [2.24, 2.45) is 0 Å². The number of nitrogens with one attached hydrogen (secondary N) is 1. The maximum atomic E-state index is 12.1. The number of aromatic nitrogens is 1. The normalized spacial score (nSPS) is 16.5. The van der Waals surface area contributed by atoms with Crippen LogP contribution in [0.15, 0.2) is 60.9 Å². The highest BCUT2D eigenvalue weighted by atomic mass is 32.2. The highest BCUT2D eigenvalue weighted by molar-refractivity contribution is 7.85. The van der Waals surface area contributed by atoms with E-state index in [2.05, 4.69) is 5.32 Å². The molecule has 0 spiro atoms. The van der Waals surface area contributed by atoms with Crippen LogP contribution in [0.3, 0.4) is 0 Å². The zero-order valence-electron chi connectivity index (χ0n) is 13.5. The van der Waals surface area contributed by atoms with E-state index in [1.807, 2.05) is 6.07 Å². The molecule has 2 heterocycles. The van der Waals surface area contributed by atoms with Gasteiger partial charge in [0.05, 0.1) is 6.54 Å². The van der Waals surface area contributed by atoms with E-state index in [-0.39, 0.29) is 13.2 Å². The lowest BCUT2D eigenvalue weighted by atomic mass is 10.1. The number of β-lactam (4-membered cyclic amide) rings is 1. The number of hydrogen-bond acceptors (Lipinski definition) is 6. The maximum Gasteiger partial charge on any atom is 0.466 e. The molecule has 26 heavy (non-hydrogen) atoms. The molecule has 1 unspecified atom stereocenters. The van der Waals surface area contributed by atoms with E-state index in [9.17, 15) is 18.0 Å². The van der Waals surface area contributed by atoms with E-state index in [0.717, 1.165) is 4.73 Å². The molecule has 2 amide bonds. The van der Waals surface area contributed by atoms with Gasteiger partial charge < -0.3 is 10.1 Å². The van der Waals surface area contributed by atoms with Gasteiger partial charge in [0.1, 0.15) is 11.8 Å². The van der Waals surface area contributed by atoms with E-state index < -0.39 is 28.2 Å². The van der Waals surface area contributed by atoms with Gasteiger partial charge >= 0.3 is 10.3 Å². The Morgan fingerprint density at radius 1 is 1.15 bits per heavy atom. The predicted octanol–water partition coefficient (Wildman–Crippen LogP) is -0.946. The number of hydrogen-bond donors (Lipinski definition) is 1. The number of pyridine rings is 1. The third-order valence-electron chi connectivity index (χ3n) is 3.48. The lowest BCUT2D eigenvalue weighted by Gasteiger charge is -2.34. The second-order valence-corrected chi connectivity index (χ2v) is 6.80. The van der Waals surface area contributed by atoms with E-state index in [1.54, 1.807) is 42.5 Å². The summed E-state index contributed by atoms with van der Waals surface area (Å²) in [5.41, 5.74) is 0. The highest BCUT2D eigenvalue weighted by Crippen LogP contribution is 2.15. The largest absolute Gasteiger partial charge is 0.484 e. The van der Waals surface area contributed by atoms with Crippen molar-refractivity contribution in [3.05, 3.63) is 60.9 Å². The molecular formula is C16H16N3O6S+. The monoisotopic (exact) mass is 378 g/mol. The molecule has 1 fully saturated rings. The van der Waals surface area contributed by atoms with Crippen LogP contribution in [0.2, 0.25) is 0 Å². The minimum Gasteiger partial charge on any atom is -0.484 e. The first-order valence-corrected chi connectivity index (χ1v) is 9.02. The minimum atomic E-state index is -4.29. The van der Waals surface area contributed by atoms with Gasteiger partial charge in [0.25, 0.3) is 11.8 Å². The van der Waals surface area contributed by atoms with Crippen LogP contribution in [0, 0.1) is 0 Å². The summed E-state index contributed by atoms with van der Waals surface area (Å²) in [5, 5.41) is 2.42. The van der Waals surface area contributed by atoms with E-state index >= 15 is 0 Å². The fourth-order valence-electron chi connectivity index (χ4n) is 2.19. The molecule has 2 aromatic rings. The van der Waals surface area contributed by atoms with Crippen LogP contribution in [-0.2, 0) is 19.9 Å².